The lowest BCUT2D eigenvalue weighted by Crippen LogP contribution is -2.43. The molecule has 2 rings (SSSR count). The van der Waals surface area contributed by atoms with Gasteiger partial charge in [-0.05, 0) is 30.9 Å². The SMILES string of the molecule is CC[C@@](C)(C#N)NC(=O)c1cc2ccccc2s1. The van der Waals surface area contributed by atoms with Crippen LogP contribution in [-0.4, -0.2) is 11.4 Å². The van der Waals surface area contributed by atoms with Crippen LogP contribution < -0.4 is 5.32 Å². The molecule has 3 nitrogen and oxygen atoms in total. The molecule has 1 aromatic carbocycles. The first-order valence-corrected chi connectivity index (χ1v) is 6.62. The van der Waals surface area contributed by atoms with Crippen molar-refractivity contribution in [1.82, 2.24) is 5.32 Å². The van der Waals surface area contributed by atoms with Crippen LogP contribution in [0.2, 0.25) is 0 Å². The highest BCUT2D eigenvalue weighted by Gasteiger charge is 2.24. The zero-order valence-electron chi connectivity index (χ0n) is 10.4. The topological polar surface area (TPSA) is 52.9 Å². The first-order chi connectivity index (χ1) is 8.58. The predicted molar refractivity (Wildman–Crippen MR) is 73.6 cm³/mol. The summed E-state index contributed by atoms with van der Waals surface area (Å²) in [4.78, 5) is 12.7. The first kappa shape index (κ1) is 12.6. The lowest BCUT2D eigenvalue weighted by Gasteiger charge is -2.20. The number of nitriles is 1. The largest absolute Gasteiger partial charge is 0.333 e. The van der Waals surface area contributed by atoms with Crippen LogP contribution in [0.4, 0.5) is 0 Å². The van der Waals surface area contributed by atoms with Gasteiger partial charge in [0.1, 0.15) is 5.54 Å². The maximum Gasteiger partial charge on any atom is 0.262 e. The number of hydrogen-bond acceptors (Lipinski definition) is 3. The van der Waals surface area contributed by atoms with Crippen LogP contribution in [0, 0.1) is 11.3 Å². The second-order valence-electron chi connectivity index (χ2n) is 4.40. The molecule has 1 heterocycles. The van der Waals surface area contributed by atoms with Crippen molar-refractivity contribution >= 4 is 27.3 Å². The zero-order chi connectivity index (χ0) is 13.2. The number of fused-ring (bicyclic) bond motifs is 1. The van der Waals surface area contributed by atoms with E-state index in [0.717, 1.165) is 10.1 Å². The normalized spacial score (nSPS) is 13.8. The molecule has 0 radical (unpaired) electrons. The number of benzene rings is 1. The highest BCUT2D eigenvalue weighted by atomic mass is 32.1. The second-order valence-corrected chi connectivity index (χ2v) is 5.48. The highest BCUT2D eigenvalue weighted by molar-refractivity contribution is 7.20. The number of carbonyl (C=O) groups is 1. The third-order valence-corrected chi connectivity index (χ3v) is 4.11. The fourth-order valence-electron chi connectivity index (χ4n) is 1.60. The summed E-state index contributed by atoms with van der Waals surface area (Å²) < 4.78 is 1.08. The number of nitrogens with zero attached hydrogens (tertiary/aromatic N) is 1. The van der Waals surface area contributed by atoms with Crippen molar-refractivity contribution in [2.24, 2.45) is 0 Å². The highest BCUT2D eigenvalue weighted by Crippen LogP contribution is 2.25. The van der Waals surface area contributed by atoms with Gasteiger partial charge in [-0.1, -0.05) is 25.1 Å². The minimum atomic E-state index is -0.798. The molecule has 92 valence electrons. The van der Waals surface area contributed by atoms with Crippen molar-refractivity contribution in [3.63, 3.8) is 0 Å². The van der Waals surface area contributed by atoms with Crippen LogP contribution in [-0.2, 0) is 0 Å². The van der Waals surface area contributed by atoms with Gasteiger partial charge in [-0.3, -0.25) is 4.79 Å². The van der Waals surface area contributed by atoms with Gasteiger partial charge in [-0.15, -0.1) is 11.3 Å². The van der Waals surface area contributed by atoms with Gasteiger partial charge in [0.05, 0.1) is 10.9 Å². The standard InChI is InChI=1S/C14H14N2OS/c1-3-14(2,9-15)16-13(17)12-8-10-6-4-5-7-11(10)18-12/h4-8H,3H2,1-2H3,(H,16,17)/t14-/m0/s1. The van der Waals surface area contributed by atoms with Gasteiger partial charge in [-0.2, -0.15) is 5.26 Å². The van der Waals surface area contributed by atoms with Crippen LogP contribution >= 0.6 is 11.3 Å². The minimum absolute atomic E-state index is 0.179. The molecule has 4 heteroatoms. The van der Waals surface area contributed by atoms with Crippen molar-refractivity contribution in [1.29, 1.82) is 5.26 Å². The summed E-state index contributed by atoms with van der Waals surface area (Å²) in [7, 11) is 0. The van der Waals surface area contributed by atoms with Crippen molar-refractivity contribution < 1.29 is 4.79 Å². The number of rotatable bonds is 3. The Morgan fingerprint density at radius 1 is 1.50 bits per heavy atom. The Kier molecular flexibility index (Phi) is 3.35. The van der Waals surface area contributed by atoms with Crippen molar-refractivity contribution in [3.8, 4) is 6.07 Å². The molecule has 0 bridgehead atoms. The molecule has 18 heavy (non-hydrogen) atoms. The van der Waals surface area contributed by atoms with Crippen LogP contribution in [0.25, 0.3) is 10.1 Å². The molecule has 0 aliphatic carbocycles. The van der Waals surface area contributed by atoms with Gasteiger partial charge < -0.3 is 5.32 Å². The van der Waals surface area contributed by atoms with Gasteiger partial charge in [-0.25, -0.2) is 0 Å². The van der Waals surface area contributed by atoms with E-state index in [1.807, 2.05) is 37.3 Å². The van der Waals surface area contributed by atoms with Crippen LogP contribution in [0.5, 0.6) is 0 Å². The Bertz CT molecular complexity index is 593. The summed E-state index contributed by atoms with van der Waals surface area (Å²) in [5.41, 5.74) is -0.798. The summed E-state index contributed by atoms with van der Waals surface area (Å²) in [6, 6.07) is 11.9. The number of amides is 1. The molecular weight excluding hydrogens is 244 g/mol. The molecule has 0 saturated carbocycles. The zero-order valence-corrected chi connectivity index (χ0v) is 11.2. The Morgan fingerprint density at radius 2 is 2.22 bits per heavy atom. The van der Waals surface area contributed by atoms with E-state index in [2.05, 4.69) is 11.4 Å². The molecule has 0 aliphatic rings. The number of hydrogen-bond donors (Lipinski definition) is 1. The van der Waals surface area contributed by atoms with Crippen molar-refractivity contribution in [3.05, 3.63) is 35.2 Å². The molecular formula is C14H14N2OS. The first-order valence-electron chi connectivity index (χ1n) is 5.80. The van der Waals surface area contributed by atoms with Gasteiger partial charge in [0.15, 0.2) is 0 Å². The summed E-state index contributed by atoms with van der Waals surface area (Å²) in [5, 5.41) is 12.9. The fourth-order valence-corrected chi connectivity index (χ4v) is 2.56. The molecule has 0 spiro atoms. The fraction of sp³-hybridized carbons (Fsp3) is 0.286. The maximum atomic E-state index is 12.1. The smallest absolute Gasteiger partial charge is 0.262 e. The summed E-state index contributed by atoms with van der Waals surface area (Å²) >= 11 is 1.45. The Balaban J connectivity index is 2.27. The third kappa shape index (κ3) is 2.36. The van der Waals surface area contributed by atoms with E-state index in [1.165, 1.54) is 11.3 Å². The monoisotopic (exact) mass is 258 g/mol. The van der Waals surface area contributed by atoms with E-state index in [4.69, 9.17) is 5.26 Å². The van der Waals surface area contributed by atoms with Crippen LogP contribution in [0.3, 0.4) is 0 Å². The molecule has 1 atom stereocenters. The van der Waals surface area contributed by atoms with Gasteiger partial charge in [0.25, 0.3) is 5.91 Å². The van der Waals surface area contributed by atoms with E-state index in [9.17, 15) is 4.79 Å². The molecule has 2 aromatic rings. The molecule has 0 unspecified atom stereocenters. The summed E-state index contributed by atoms with van der Waals surface area (Å²) in [6.45, 7) is 3.62. The number of carbonyl (C=O) groups excluding carboxylic acids is 1. The quantitative estimate of drug-likeness (QED) is 0.918. The number of thiophene rings is 1. The molecule has 0 aliphatic heterocycles. The van der Waals surface area contributed by atoms with Crippen LogP contribution in [0.15, 0.2) is 30.3 Å². The average Bonchev–Trinajstić information content (AvgIpc) is 2.82. The van der Waals surface area contributed by atoms with Crippen LogP contribution in [0.1, 0.15) is 29.9 Å². The molecule has 1 N–H and O–H groups in total. The predicted octanol–water partition coefficient (Wildman–Crippen LogP) is 3.32. The average molecular weight is 258 g/mol. The van der Waals surface area contributed by atoms with E-state index in [1.54, 1.807) is 6.92 Å². The van der Waals surface area contributed by atoms with Crippen molar-refractivity contribution in [2.45, 2.75) is 25.8 Å². The lowest BCUT2D eigenvalue weighted by atomic mass is 10.0. The maximum absolute atomic E-state index is 12.1. The van der Waals surface area contributed by atoms with E-state index < -0.39 is 5.54 Å². The lowest BCUT2D eigenvalue weighted by molar-refractivity contribution is 0.0927. The summed E-state index contributed by atoms with van der Waals surface area (Å²) in [5.74, 6) is -0.179. The van der Waals surface area contributed by atoms with E-state index in [0.29, 0.717) is 11.3 Å². The van der Waals surface area contributed by atoms with Gasteiger partial charge in [0, 0.05) is 4.70 Å². The molecule has 1 aromatic heterocycles. The van der Waals surface area contributed by atoms with E-state index in [-0.39, 0.29) is 5.91 Å². The Hall–Kier alpha value is -1.86. The molecule has 0 fully saturated rings. The third-order valence-electron chi connectivity index (χ3n) is 2.99. The Morgan fingerprint density at radius 3 is 2.83 bits per heavy atom. The van der Waals surface area contributed by atoms with Gasteiger partial charge >= 0.3 is 0 Å². The molecule has 0 saturated heterocycles. The van der Waals surface area contributed by atoms with Crippen molar-refractivity contribution in [2.75, 3.05) is 0 Å². The number of nitrogens with one attached hydrogen (secondary N) is 1. The Labute approximate surface area is 110 Å². The summed E-state index contributed by atoms with van der Waals surface area (Å²) in [6.07, 6.45) is 0.583. The molecule has 1 amide bonds. The second kappa shape index (κ2) is 4.79. The van der Waals surface area contributed by atoms with Gasteiger partial charge in [0.2, 0.25) is 0 Å². The minimum Gasteiger partial charge on any atom is -0.333 e. The van der Waals surface area contributed by atoms with E-state index >= 15 is 0 Å².